The first-order valence-electron chi connectivity index (χ1n) is 4.34. The second-order valence-corrected chi connectivity index (χ2v) is 7.29. The molecule has 1 atom stereocenters. The Labute approximate surface area is 83.0 Å². The molecule has 12 heavy (non-hydrogen) atoms. The topological polar surface area (TPSA) is 0 Å². The molecule has 64 valence electrons. The van der Waals surface area contributed by atoms with E-state index in [0.717, 1.165) is 0 Å². The Hall–Kier alpha value is 0.0395. The molecule has 0 fully saturated rings. The molecule has 0 amide bonds. The summed E-state index contributed by atoms with van der Waals surface area (Å²) in [6, 6.07) is 10.8. The molecule has 0 N–H and O–H groups in total. The second kappa shape index (κ2) is 5.65. The Morgan fingerprint density at radius 2 is 1.92 bits per heavy atom. The third-order valence-electron chi connectivity index (χ3n) is 1.76. The van der Waals surface area contributed by atoms with Crippen molar-refractivity contribution in [1.82, 2.24) is 0 Å². The van der Waals surface area contributed by atoms with Crippen LogP contribution in [-0.4, -0.2) is 21.3 Å². The zero-order valence-corrected chi connectivity index (χ0v) is 9.97. The van der Waals surface area contributed by atoms with Gasteiger partial charge in [-0.3, -0.25) is 0 Å². The van der Waals surface area contributed by atoms with Crippen LogP contribution in [0.15, 0.2) is 30.3 Å². The molecule has 0 aliphatic heterocycles. The molecule has 0 heterocycles. The monoisotopic (exact) mass is 245 g/mol. The molecule has 1 aromatic rings. The number of unbranched alkanes of at least 4 members (excludes halogenated alkanes) is 1. The summed E-state index contributed by atoms with van der Waals surface area (Å²) >= 11 is 3.29. The molecule has 1 unspecified atom stereocenters. The van der Waals surface area contributed by atoms with E-state index in [0.29, 0.717) is 0 Å². The molecule has 0 aromatic heterocycles. The van der Waals surface area contributed by atoms with Gasteiger partial charge in [-0.05, 0) is 0 Å². The zero-order chi connectivity index (χ0) is 8.81. The molecule has 0 saturated heterocycles. The zero-order valence-electron chi connectivity index (χ0n) is 7.36. The first-order chi connectivity index (χ1) is 5.84. The predicted octanol–water partition coefficient (Wildman–Crippen LogP) is 2.68. The van der Waals surface area contributed by atoms with Crippen LogP contribution in [0.5, 0.6) is 0 Å². The maximum absolute atomic E-state index is 3.29. The van der Waals surface area contributed by atoms with E-state index >= 15 is 0 Å². The van der Waals surface area contributed by atoms with Gasteiger partial charge in [0.25, 0.3) is 0 Å². The fraction of sp³-hybridized carbons (Fsp3) is 0.400. The van der Waals surface area contributed by atoms with Crippen molar-refractivity contribution in [3.63, 3.8) is 0 Å². The Morgan fingerprint density at radius 3 is 2.50 bits per heavy atom. The molecule has 0 bridgehead atoms. The van der Waals surface area contributed by atoms with Crippen molar-refractivity contribution in [2.75, 3.05) is 6.16 Å². The number of benzene rings is 1. The summed E-state index contributed by atoms with van der Waals surface area (Å²) in [6.45, 7) is 2.24. The Kier molecular flexibility index (Phi) is 4.76. The first kappa shape index (κ1) is 10.1. The Morgan fingerprint density at radius 1 is 1.25 bits per heavy atom. The van der Waals surface area contributed by atoms with Crippen LogP contribution in [0, 0.1) is 0 Å². The van der Waals surface area contributed by atoms with E-state index in [1.165, 1.54) is 24.3 Å². The van der Waals surface area contributed by atoms with E-state index in [-0.39, 0.29) is 6.17 Å². The minimum absolute atomic E-state index is 0.00656. The normalized spacial score (nSPS) is 11.2. The predicted molar refractivity (Wildman–Crippen MR) is 58.5 cm³/mol. The van der Waals surface area contributed by atoms with Gasteiger partial charge in [0, 0.05) is 0 Å². The fourth-order valence-corrected chi connectivity index (χ4v) is 3.97. The molecular formula is C10H14PSe+. The molecule has 0 spiro atoms. The molecule has 0 saturated carbocycles. The molecule has 0 radical (unpaired) electrons. The SMILES string of the molecule is CCCC[P+](=[Se])c1ccccc1. The van der Waals surface area contributed by atoms with Gasteiger partial charge in [0.05, 0.1) is 0 Å². The summed E-state index contributed by atoms with van der Waals surface area (Å²) in [5.41, 5.74) is 0. The van der Waals surface area contributed by atoms with E-state index in [4.69, 9.17) is 0 Å². The quantitative estimate of drug-likeness (QED) is 0.564. The van der Waals surface area contributed by atoms with E-state index in [1.54, 1.807) is 0 Å². The third kappa shape index (κ3) is 3.19. The van der Waals surface area contributed by atoms with Crippen LogP contribution in [0.3, 0.4) is 0 Å². The standard InChI is InChI=1S/C10H14PSe/c1-2-3-9-11(12)10-7-5-4-6-8-10/h4-8H,2-3,9H2,1H3/q+1. The second-order valence-electron chi connectivity index (χ2n) is 2.79. The molecule has 1 aromatic carbocycles. The van der Waals surface area contributed by atoms with E-state index in [1.807, 2.05) is 0 Å². The molecule has 0 aliphatic carbocycles. The van der Waals surface area contributed by atoms with Crippen LogP contribution < -0.4 is 5.30 Å². The number of hydrogen-bond acceptors (Lipinski definition) is 0. The minimum atomic E-state index is -0.00656. The van der Waals surface area contributed by atoms with Gasteiger partial charge in [-0.1, -0.05) is 0 Å². The Bertz CT molecular complexity index is 243. The fourth-order valence-electron chi connectivity index (χ4n) is 1.03. The summed E-state index contributed by atoms with van der Waals surface area (Å²) in [4.78, 5) is 0. The van der Waals surface area contributed by atoms with Crippen molar-refractivity contribution in [2.45, 2.75) is 19.8 Å². The van der Waals surface area contributed by atoms with Crippen LogP contribution in [0.4, 0.5) is 0 Å². The number of rotatable bonds is 4. The van der Waals surface area contributed by atoms with E-state index < -0.39 is 0 Å². The first-order valence-corrected chi connectivity index (χ1v) is 8.08. The molecule has 1 rings (SSSR count). The van der Waals surface area contributed by atoms with Crippen LogP contribution in [0.1, 0.15) is 19.8 Å². The average Bonchev–Trinajstić information content (AvgIpc) is 2.15. The van der Waals surface area contributed by atoms with Gasteiger partial charge in [0.2, 0.25) is 0 Å². The van der Waals surface area contributed by atoms with Crippen molar-refractivity contribution in [1.29, 1.82) is 0 Å². The summed E-state index contributed by atoms with van der Waals surface area (Å²) < 4.78 is 0. The summed E-state index contributed by atoms with van der Waals surface area (Å²) in [5.74, 6) is 0. The van der Waals surface area contributed by atoms with Crippen LogP contribution in [-0.2, 0) is 0 Å². The average molecular weight is 244 g/mol. The Balaban J connectivity index is 2.54. The van der Waals surface area contributed by atoms with Crippen molar-refractivity contribution in [3.8, 4) is 0 Å². The van der Waals surface area contributed by atoms with Gasteiger partial charge in [0.1, 0.15) is 0 Å². The van der Waals surface area contributed by atoms with Gasteiger partial charge in [0.15, 0.2) is 0 Å². The molecule has 0 aliphatic rings. The number of hydrogen-bond donors (Lipinski definition) is 0. The van der Waals surface area contributed by atoms with Crippen LogP contribution >= 0.6 is 6.17 Å². The van der Waals surface area contributed by atoms with Crippen molar-refractivity contribution >= 4 is 26.6 Å². The molecule has 0 nitrogen and oxygen atoms in total. The van der Waals surface area contributed by atoms with Gasteiger partial charge < -0.3 is 0 Å². The van der Waals surface area contributed by atoms with Crippen molar-refractivity contribution in [2.24, 2.45) is 0 Å². The molecule has 2 heteroatoms. The summed E-state index contributed by atoms with van der Waals surface area (Å²) in [6.07, 6.45) is 3.96. The van der Waals surface area contributed by atoms with Crippen molar-refractivity contribution < 1.29 is 0 Å². The summed E-state index contributed by atoms with van der Waals surface area (Å²) in [5, 5.41) is 1.49. The van der Waals surface area contributed by atoms with Gasteiger partial charge in [-0.15, -0.1) is 0 Å². The summed E-state index contributed by atoms with van der Waals surface area (Å²) in [7, 11) is 0. The van der Waals surface area contributed by atoms with Crippen LogP contribution in [0.2, 0.25) is 0 Å². The van der Waals surface area contributed by atoms with Gasteiger partial charge in [-0.25, -0.2) is 0 Å². The maximum atomic E-state index is 3.29. The van der Waals surface area contributed by atoms with Gasteiger partial charge in [-0.2, -0.15) is 0 Å². The third-order valence-corrected chi connectivity index (χ3v) is 5.83. The van der Waals surface area contributed by atoms with E-state index in [2.05, 4.69) is 52.4 Å². The molecular weight excluding hydrogens is 230 g/mol. The van der Waals surface area contributed by atoms with Crippen LogP contribution in [0.25, 0.3) is 0 Å². The van der Waals surface area contributed by atoms with Crippen molar-refractivity contribution in [3.05, 3.63) is 30.3 Å². The van der Waals surface area contributed by atoms with Gasteiger partial charge >= 0.3 is 82.8 Å². The van der Waals surface area contributed by atoms with E-state index in [9.17, 15) is 0 Å².